The van der Waals surface area contributed by atoms with Crippen LogP contribution >= 0.6 is 27.5 Å². The molecule has 0 spiro atoms. The van der Waals surface area contributed by atoms with Crippen LogP contribution in [0.15, 0.2) is 46.9 Å². The Morgan fingerprint density at radius 2 is 1.96 bits per heavy atom. The number of carbonyl (C=O) groups excluding carboxylic acids is 2. The molecule has 6 heteroatoms. The highest BCUT2D eigenvalue weighted by Gasteiger charge is 2.19. The van der Waals surface area contributed by atoms with Crippen molar-refractivity contribution in [3.8, 4) is 0 Å². The van der Waals surface area contributed by atoms with Gasteiger partial charge >= 0.3 is 5.97 Å². The van der Waals surface area contributed by atoms with Crippen molar-refractivity contribution in [2.24, 2.45) is 0 Å². The molecule has 0 bridgehead atoms. The van der Waals surface area contributed by atoms with E-state index in [0.29, 0.717) is 16.3 Å². The highest BCUT2D eigenvalue weighted by atomic mass is 79.9. The topological polar surface area (TPSA) is 55.4 Å². The fourth-order valence-corrected chi connectivity index (χ4v) is 2.84. The van der Waals surface area contributed by atoms with Crippen molar-refractivity contribution in [3.05, 3.63) is 63.1 Å². The molecule has 1 amide bonds. The van der Waals surface area contributed by atoms with Crippen molar-refractivity contribution in [1.82, 2.24) is 0 Å². The zero-order chi connectivity index (χ0) is 17.7. The van der Waals surface area contributed by atoms with Crippen molar-refractivity contribution in [3.63, 3.8) is 0 Å². The highest BCUT2D eigenvalue weighted by molar-refractivity contribution is 9.10. The molecule has 0 radical (unpaired) electrons. The van der Waals surface area contributed by atoms with Crippen LogP contribution < -0.4 is 5.32 Å². The molecule has 0 saturated carbocycles. The monoisotopic (exact) mass is 409 g/mol. The van der Waals surface area contributed by atoms with E-state index in [9.17, 15) is 9.59 Å². The van der Waals surface area contributed by atoms with Crippen LogP contribution in [0.4, 0.5) is 5.69 Å². The summed E-state index contributed by atoms with van der Waals surface area (Å²) in [5, 5.41) is 3.22. The van der Waals surface area contributed by atoms with Gasteiger partial charge < -0.3 is 10.1 Å². The molecular formula is C18H17BrClNO3. The van der Waals surface area contributed by atoms with Crippen molar-refractivity contribution < 1.29 is 14.3 Å². The number of nitrogens with one attached hydrogen (secondary N) is 1. The Morgan fingerprint density at radius 1 is 1.25 bits per heavy atom. The molecule has 0 aromatic heterocycles. The lowest BCUT2D eigenvalue weighted by Gasteiger charge is -2.15. The fraction of sp³-hybridized carbons (Fsp3) is 0.222. The number of hydrogen-bond donors (Lipinski definition) is 1. The lowest BCUT2D eigenvalue weighted by atomic mass is 10.1. The van der Waals surface area contributed by atoms with Gasteiger partial charge in [0.25, 0.3) is 5.91 Å². The van der Waals surface area contributed by atoms with Gasteiger partial charge in [-0.1, -0.05) is 35.9 Å². The van der Waals surface area contributed by atoms with Crippen LogP contribution in [0.2, 0.25) is 5.02 Å². The summed E-state index contributed by atoms with van der Waals surface area (Å²) in [6.07, 6.45) is -0.890. The number of esters is 1. The van der Waals surface area contributed by atoms with Gasteiger partial charge in [-0.05, 0) is 59.1 Å². The molecule has 0 unspecified atom stereocenters. The van der Waals surface area contributed by atoms with Crippen molar-refractivity contribution in [2.45, 2.75) is 26.4 Å². The second-order valence-corrected chi connectivity index (χ2v) is 6.63. The molecule has 0 aliphatic rings. The molecule has 126 valence electrons. The maximum absolute atomic E-state index is 12.2. The van der Waals surface area contributed by atoms with Crippen molar-refractivity contribution >= 4 is 45.1 Å². The van der Waals surface area contributed by atoms with Gasteiger partial charge in [0.05, 0.1) is 12.1 Å². The molecule has 0 saturated heterocycles. The number of hydrogen-bond acceptors (Lipinski definition) is 3. The van der Waals surface area contributed by atoms with Crippen LogP contribution in [-0.4, -0.2) is 18.0 Å². The number of ether oxygens (including phenoxy) is 1. The summed E-state index contributed by atoms with van der Waals surface area (Å²) in [4.78, 5) is 24.1. The second kappa shape index (κ2) is 8.31. The van der Waals surface area contributed by atoms with Gasteiger partial charge in [-0.15, -0.1) is 0 Å². The predicted molar refractivity (Wildman–Crippen MR) is 98.2 cm³/mol. The summed E-state index contributed by atoms with van der Waals surface area (Å²) in [7, 11) is 0. The Labute approximate surface area is 154 Å². The van der Waals surface area contributed by atoms with Crippen LogP contribution in [0, 0.1) is 6.92 Å². The van der Waals surface area contributed by atoms with Crippen LogP contribution in [0.25, 0.3) is 0 Å². The quantitative estimate of drug-likeness (QED) is 0.737. The number of amides is 1. The van der Waals surface area contributed by atoms with E-state index >= 15 is 0 Å². The van der Waals surface area contributed by atoms with Gasteiger partial charge in [0, 0.05) is 9.50 Å². The minimum Gasteiger partial charge on any atom is -0.452 e. The molecule has 0 heterocycles. The summed E-state index contributed by atoms with van der Waals surface area (Å²) in [5.74, 6) is -0.902. The number of anilines is 1. The molecular weight excluding hydrogens is 394 g/mol. The molecule has 2 aromatic rings. The zero-order valence-electron chi connectivity index (χ0n) is 13.3. The normalized spacial score (nSPS) is 11.7. The van der Waals surface area contributed by atoms with E-state index in [0.717, 1.165) is 10.0 Å². The van der Waals surface area contributed by atoms with E-state index in [1.165, 1.54) is 6.92 Å². The Hall–Kier alpha value is -1.85. The summed E-state index contributed by atoms with van der Waals surface area (Å²) in [6.45, 7) is 3.48. The Bertz CT molecular complexity index is 764. The Morgan fingerprint density at radius 3 is 2.62 bits per heavy atom. The predicted octanol–water partition coefficient (Wildman–Crippen LogP) is 4.52. The smallest absolute Gasteiger partial charge is 0.311 e. The number of benzene rings is 2. The van der Waals surface area contributed by atoms with E-state index in [1.807, 2.05) is 19.1 Å². The zero-order valence-corrected chi connectivity index (χ0v) is 15.6. The fourth-order valence-electron chi connectivity index (χ4n) is 2.05. The lowest BCUT2D eigenvalue weighted by Crippen LogP contribution is -2.30. The number of rotatable bonds is 5. The van der Waals surface area contributed by atoms with E-state index in [1.54, 1.807) is 30.3 Å². The molecule has 0 aliphatic heterocycles. The summed E-state index contributed by atoms with van der Waals surface area (Å²) in [5.41, 5.74) is 2.36. The molecule has 24 heavy (non-hydrogen) atoms. The van der Waals surface area contributed by atoms with Gasteiger partial charge in [0.1, 0.15) is 0 Å². The van der Waals surface area contributed by atoms with Crippen LogP contribution in [-0.2, 0) is 20.7 Å². The first kappa shape index (κ1) is 18.5. The Kier molecular flexibility index (Phi) is 6.40. The summed E-state index contributed by atoms with van der Waals surface area (Å²) < 4.78 is 5.95. The van der Waals surface area contributed by atoms with Gasteiger partial charge in [0.15, 0.2) is 6.10 Å². The maximum Gasteiger partial charge on any atom is 0.311 e. The average molecular weight is 411 g/mol. The average Bonchev–Trinajstić information content (AvgIpc) is 2.52. The minimum absolute atomic E-state index is 0.0194. The third-order valence-corrected chi connectivity index (χ3v) is 4.38. The van der Waals surface area contributed by atoms with Crippen LogP contribution in [0.1, 0.15) is 18.1 Å². The maximum atomic E-state index is 12.2. The molecule has 4 nitrogen and oxygen atoms in total. The van der Waals surface area contributed by atoms with Crippen molar-refractivity contribution in [2.75, 3.05) is 5.32 Å². The largest absolute Gasteiger partial charge is 0.452 e. The summed E-state index contributed by atoms with van der Waals surface area (Å²) in [6, 6.07) is 12.6. The number of halogens is 2. The first-order chi connectivity index (χ1) is 11.4. The van der Waals surface area contributed by atoms with E-state index in [2.05, 4.69) is 21.2 Å². The van der Waals surface area contributed by atoms with E-state index < -0.39 is 18.0 Å². The SMILES string of the molecule is Cc1ccc(NC(=O)[C@H](C)OC(=O)Cc2ccccc2Cl)c(Br)c1. The molecule has 1 atom stereocenters. The van der Waals surface area contributed by atoms with E-state index in [4.69, 9.17) is 16.3 Å². The van der Waals surface area contributed by atoms with Gasteiger partial charge in [-0.25, -0.2) is 0 Å². The highest BCUT2D eigenvalue weighted by Crippen LogP contribution is 2.23. The summed E-state index contributed by atoms with van der Waals surface area (Å²) >= 11 is 9.40. The van der Waals surface area contributed by atoms with Crippen molar-refractivity contribution in [1.29, 1.82) is 0 Å². The third kappa shape index (κ3) is 5.08. The van der Waals surface area contributed by atoms with Crippen LogP contribution in [0.5, 0.6) is 0 Å². The first-order valence-corrected chi connectivity index (χ1v) is 8.54. The van der Waals surface area contributed by atoms with E-state index in [-0.39, 0.29) is 6.42 Å². The third-order valence-electron chi connectivity index (χ3n) is 3.35. The molecule has 2 rings (SSSR count). The van der Waals surface area contributed by atoms with Gasteiger partial charge in [0.2, 0.25) is 0 Å². The molecule has 1 N–H and O–H groups in total. The van der Waals surface area contributed by atoms with Crippen LogP contribution in [0.3, 0.4) is 0 Å². The van der Waals surface area contributed by atoms with Gasteiger partial charge in [-0.2, -0.15) is 0 Å². The number of carbonyl (C=O) groups is 2. The lowest BCUT2D eigenvalue weighted by molar-refractivity contribution is -0.152. The molecule has 0 aliphatic carbocycles. The standard InChI is InChI=1S/C18H17BrClNO3/c1-11-7-8-16(14(19)9-11)21-18(23)12(2)24-17(22)10-13-5-3-4-6-15(13)20/h3-9,12H,10H2,1-2H3,(H,21,23)/t12-/m0/s1. The molecule has 2 aromatic carbocycles. The Balaban J connectivity index is 1.93. The number of aryl methyl sites for hydroxylation is 1. The second-order valence-electron chi connectivity index (χ2n) is 5.37. The molecule has 0 fully saturated rings. The first-order valence-electron chi connectivity index (χ1n) is 7.36. The van der Waals surface area contributed by atoms with Gasteiger partial charge in [-0.3, -0.25) is 9.59 Å². The minimum atomic E-state index is -0.909.